The lowest BCUT2D eigenvalue weighted by Gasteiger charge is -2.27. The van der Waals surface area contributed by atoms with Gasteiger partial charge in [-0.15, -0.1) is 0 Å². The summed E-state index contributed by atoms with van der Waals surface area (Å²) in [6.45, 7) is 7.31. The summed E-state index contributed by atoms with van der Waals surface area (Å²) in [4.78, 5) is 2.70. The highest BCUT2D eigenvalue weighted by Gasteiger charge is 2.16. The first-order valence-electron chi connectivity index (χ1n) is 7.19. The van der Waals surface area contributed by atoms with E-state index in [1.807, 2.05) is 0 Å². The fraction of sp³-hybridized carbons (Fsp3) is 1.00. The molecule has 2 unspecified atom stereocenters. The standard InChI is InChI=1S/C14H30N2/c1-4-14(15-3)10-8-12-16-11-7-5-6-9-13(16)2/h13-15H,4-12H2,1-3H3. The molecule has 0 amide bonds. The first-order chi connectivity index (χ1) is 7.77. The summed E-state index contributed by atoms with van der Waals surface area (Å²) in [6.07, 6.45) is 9.63. The zero-order valence-corrected chi connectivity index (χ0v) is 11.5. The van der Waals surface area contributed by atoms with Gasteiger partial charge in [0.2, 0.25) is 0 Å². The molecule has 1 aliphatic rings. The first-order valence-corrected chi connectivity index (χ1v) is 7.19. The third-order valence-electron chi connectivity index (χ3n) is 4.09. The Labute approximate surface area is 102 Å². The lowest BCUT2D eigenvalue weighted by molar-refractivity contribution is 0.206. The van der Waals surface area contributed by atoms with Gasteiger partial charge in [0.25, 0.3) is 0 Å². The van der Waals surface area contributed by atoms with Crippen LogP contribution in [0.5, 0.6) is 0 Å². The largest absolute Gasteiger partial charge is 0.317 e. The molecule has 0 spiro atoms. The Balaban J connectivity index is 2.19. The van der Waals surface area contributed by atoms with Gasteiger partial charge in [-0.2, -0.15) is 0 Å². The van der Waals surface area contributed by atoms with Crippen molar-refractivity contribution >= 4 is 0 Å². The number of hydrogen-bond acceptors (Lipinski definition) is 2. The number of hydrogen-bond donors (Lipinski definition) is 1. The van der Waals surface area contributed by atoms with Gasteiger partial charge < -0.3 is 10.2 Å². The van der Waals surface area contributed by atoms with Crippen molar-refractivity contribution in [1.29, 1.82) is 0 Å². The Morgan fingerprint density at radius 2 is 2.12 bits per heavy atom. The van der Waals surface area contributed by atoms with Crippen molar-refractivity contribution in [3.05, 3.63) is 0 Å². The van der Waals surface area contributed by atoms with Crippen molar-refractivity contribution in [2.45, 2.75) is 70.9 Å². The SMILES string of the molecule is CCC(CCCN1CCCCCC1C)NC. The van der Waals surface area contributed by atoms with E-state index in [0.717, 1.165) is 12.1 Å². The van der Waals surface area contributed by atoms with Crippen LogP contribution < -0.4 is 5.32 Å². The molecule has 1 saturated heterocycles. The van der Waals surface area contributed by atoms with E-state index in [1.165, 1.54) is 58.0 Å². The van der Waals surface area contributed by atoms with Gasteiger partial charge in [-0.1, -0.05) is 19.8 Å². The van der Waals surface area contributed by atoms with Gasteiger partial charge in [0, 0.05) is 12.1 Å². The Morgan fingerprint density at radius 1 is 1.31 bits per heavy atom. The summed E-state index contributed by atoms with van der Waals surface area (Å²) >= 11 is 0. The normalized spacial score (nSPS) is 25.3. The van der Waals surface area contributed by atoms with Crippen molar-refractivity contribution in [2.24, 2.45) is 0 Å². The Kier molecular flexibility index (Phi) is 7.06. The van der Waals surface area contributed by atoms with E-state index < -0.39 is 0 Å². The third kappa shape index (κ3) is 4.84. The van der Waals surface area contributed by atoms with E-state index in [9.17, 15) is 0 Å². The highest BCUT2D eigenvalue weighted by molar-refractivity contribution is 4.72. The molecule has 2 atom stereocenters. The minimum Gasteiger partial charge on any atom is -0.317 e. The summed E-state index contributed by atoms with van der Waals surface area (Å²) < 4.78 is 0. The lowest BCUT2D eigenvalue weighted by atomic mass is 10.1. The zero-order valence-electron chi connectivity index (χ0n) is 11.5. The van der Waals surface area contributed by atoms with E-state index in [2.05, 4.69) is 31.1 Å². The average Bonchev–Trinajstić information content (AvgIpc) is 2.50. The summed E-state index contributed by atoms with van der Waals surface area (Å²) in [7, 11) is 2.09. The van der Waals surface area contributed by atoms with Crippen LogP contribution in [-0.2, 0) is 0 Å². The lowest BCUT2D eigenvalue weighted by Crippen LogP contribution is -2.34. The van der Waals surface area contributed by atoms with Crippen LogP contribution >= 0.6 is 0 Å². The maximum absolute atomic E-state index is 3.39. The molecule has 0 radical (unpaired) electrons. The van der Waals surface area contributed by atoms with Crippen molar-refractivity contribution < 1.29 is 0 Å². The Hall–Kier alpha value is -0.0800. The molecule has 96 valence electrons. The van der Waals surface area contributed by atoms with E-state index in [0.29, 0.717) is 0 Å². The molecule has 0 bridgehead atoms. The average molecular weight is 226 g/mol. The van der Waals surface area contributed by atoms with Gasteiger partial charge in [-0.3, -0.25) is 0 Å². The fourth-order valence-corrected chi connectivity index (χ4v) is 2.76. The Morgan fingerprint density at radius 3 is 2.81 bits per heavy atom. The maximum Gasteiger partial charge on any atom is 0.00669 e. The highest BCUT2D eigenvalue weighted by atomic mass is 15.1. The summed E-state index contributed by atoms with van der Waals surface area (Å²) in [5.74, 6) is 0. The minimum atomic E-state index is 0.724. The molecule has 1 heterocycles. The first kappa shape index (κ1) is 14.0. The quantitative estimate of drug-likeness (QED) is 0.749. The van der Waals surface area contributed by atoms with E-state index >= 15 is 0 Å². The number of nitrogens with one attached hydrogen (secondary N) is 1. The van der Waals surface area contributed by atoms with Gasteiger partial charge in [-0.25, -0.2) is 0 Å². The fourth-order valence-electron chi connectivity index (χ4n) is 2.76. The van der Waals surface area contributed by atoms with E-state index in [-0.39, 0.29) is 0 Å². The molecule has 1 fully saturated rings. The predicted octanol–water partition coefficient (Wildman–Crippen LogP) is 3.03. The Bertz CT molecular complexity index is 166. The van der Waals surface area contributed by atoms with Crippen molar-refractivity contribution in [3.63, 3.8) is 0 Å². The van der Waals surface area contributed by atoms with Crippen LogP contribution in [0.25, 0.3) is 0 Å². The summed E-state index contributed by atoms with van der Waals surface area (Å²) in [5.41, 5.74) is 0. The van der Waals surface area contributed by atoms with Gasteiger partial charge >= 0.3 is 0 Å². The second-order valence-electron chi connectivity index (χ2n) is 5.27. The topological polar surface area (TPSA) is 15.3 Å². The molecule has 1 rings (SSSR count). The minimum absolute atomic E-state index is 0.724. The van der Waals surface area contributed by atoms with Gasteiger partial charge in [-0.05, 0) is 59.2 Å². The van der Waals surface area contributed by atoms with E-state index in [1.54, 1.807) is 0 Å². The van der Waals surface area contributed by atoms with Crippen LogP contribution in [0.3, 0.4) is 0 Å². The second kappa shape index (κ2) is 8.08. The maximum atomic E-state index is 3.39. The molecule has 0 aromatic heterocycles. The number of nitrogens with zero attached hydrogens (tertiary/aromatic N) is 1. The molecule has 2 nitrogen and oxygen atoms in total. The van der Waals surface area contributed by atoms with Gasteiger partial charge in [0.05, 0.1) is 0 Å². The number of rotatable bonds is 6. The highest BCUT2D eigenvalue weighted by Crippen LogP contribution is 2.17. The summed E-state index contributed by atoms with van der Waals surface area (Å²) in [6, 6.07) is 1.54. The zero-order chi connectivity index (χ0) is 11.8. The van der Waals surface area contributed by atoms with Gasteiger partial charge in [0.15, 0.2) is 0 Å². The van der Waals surface area contributed by atoms with Crippen molar-refractivity contribution in [1.82, 2.24) is 10.2 Å². The third-order valence-corrected chi connectivity index (χ3v) is 4.09. The molecular formula is C14H30N2. The molecular weight excluding hydrogens is 196 g/mol. The summed E-state index contributed by atoms with van der Waals surface area (Å²) in [5, 5.41) is 3.39. The molecule has 1 N–H and O–H groups in total. The second-order valence-corrected chi connectivity index (χ2v) is 5.27. The molecule has 2 heteroatoms. The smallest absolute Gasteiger partial charge is 0.00669 e. The molecule has 0 aromatic carbocycles. The number of likely N-dealkylation sites (tertiary alicyclic amines) is 1. The molecule has 16 heavy (non-hydrogen) atoms. The molecule has 1 aliphatic heterocycles. The van der Waals surface area contributed by atoms with Crippen LogP contribution in [0.15, 0.2) is 0 Å². The van der Waals surface area contributed by atoms with Crippen LogP contribution in [-0.4, -0.2) is 37.1 Å². The van der Waals surface area contributed by atoms with Gasteiger partial charge in [0.1, 0.15) is 0 Å². The molecule has 0 saturated carbocycles. The van der Waals surface area contributed by atoms with Crippen LogP contribution in [0, 0.1) is 0 Å². The van der Waals surface area contributed by atoms with Crippen LogP contribution in [0.4, 0.5) is 0 Å². The van der Waals surface area contributed by atoms with Crippen molar-refractivity contribution in [3.8, 4) is 0 Å². The predicted molar refractivity (Wildman–Crippen MR) is 71.9 cm³/mol. The molecule has 0 aliphatic carbocycles. The monoisotopic (exact) mass is 226 g/mol. The molecule has 0 aromatic rings. The van der Waals surface area contributed by atoms with E-state index in [4.69, 9.17) is 0 Å². The van der Waals surface area contributed by atoms with Crippen molar-refractivity contribution in [2.75, 3.05) is 20.1 Å². The van der Waals surface area contributed by atoms with Crippen LogP contribution in [0.2, 0.25) is 0 Å². The van der Waals surface area contributed by atoms with Crippen LogP contribution in [0.1, 0.15) is 58.8 Å².